The van der Waals surface area contributed by atoms with Gasteiger partial charge in [-0.05, 0) is 36.8 Å². The van der Waals surface area contributed by atoms with E-state index in [0.29, 0.717) is 17.9 Å². The molecule has 0 N–H and O–H groups in total. The van der Waals surface area contributed by atoms with Crippen LogP contribution in [0.3, 0.4) is 0 Å². The zero-order valence-corrected chi connectivity index (χ0v) is 13.1. The Morgan fingerprint density at radius 1 is 1.00 bits per heavy atom. The Balaban J connectivity index is 1.69. The molecule has 1 nitrogen and oxygen atoms in total. The number of nitrogens with zero attached hydrogens (tertiary/aromatic N) is 1. The Kier molecular flexibility index (Phi) is 6.59. The van der Waals surface area contributed by atoms with Crippen LogP contribution in [-0.2, 0) is 6.42 Å². The zero-order chi connectivity index (χ0) is 15.1. The quantitative estimate of drug-likeness (QED) is 0.466. The maximum atomic E-state index is 13.5. The van der Waals surface area contributed by atoms with Gasteiger partial charge in [0.15, 0.2) is 0 Å². The molecule has 1 aliphatic carbocycles. The number of halogens is 2. The summed E-state index contributed by atoms with van der Waals surface area (Å²) < 4.78 is 26.3. The SMILES string of the molecule is CCCCC[C@H]1CC[C@H](CCc2ccc(F)nc2F)CC1. The third-order valence-electron chi connectivity index (χ3n) is 4.90. The van der Waals surface area contributed by atoms with E-state index in [9.17, 15) is 8.78 Å². The summed E-state index contributed by atoms with van der Waals surface area (Å²) in [5.74, 6) is 0.251. The Hall–Kier alpha value is -0.990. The lowest BCUT2D eigenvalue weighted by Crippen LogP contribution is -2.15. The average Bonchev–Trinajstić information content (AvgIpc) is 2.48. The highest BCUT2D eigenvalue weighted by molar-refractivity contribution is 5.11. The largest absolute Gasteiger partial charge is 0.218 e. The smallest absolute Gasteiger partial charge is 0.190 e. The van der Waals surface area contributed by atoms with Crippen LogP contribution in [0.15, 0.2) is 12.1 Å². The minimum Gasteiger partial charge on any atom is -0.190 e. The van der Waals surface area contributed by atoms with E-state index in [4.69, 9.17) is 0 Å². The van der Waals surface area contributed by atoms with Crippen molar-refractivity contribution in [2.45, 2.75) is 71.1 Å². The first-order chi connectivity index (χ1) is 10.2. The molecule has 0 saturated heterocycles. The topological polar surface area (TPSA) is 12.9 Å². The zero-order valence-electron chi connectivity index (χ0n) is 13.1. The molecule has 1 aliphatic rings. The predicted molar refractivity (Wildman–Crippen MR) is 82.1 cm³/mol. The van der Waals surface area contributed by atoms with E-state index in [2.05, 4.69) is 11.9 Å². The van der Waals surface area contributed by atoms with Crippen molar-refractivity contribution in [1.82, 2.24) is 4.98 Å². The summed E-state index contributed by atoms with van der Waals surface area (Å²) in [5.41, 5.74) is 0.557. The highest BCUT2D eigenvalue weighted by atomic mass is 19.1. The summed E-state index contributed by atoms with van der Waals surface area (Å²) in [7, 11) is 0. The van der Waals surface area contributed by atoms with E-state index in [-0.39, 0.29) is 0 Å². The summed E-state index contributed by atoms with van der Waals surface area (Å²) in [6.45, 7) is 2.25. The molecule has 0 aliphatic heterocycles. The first-order valence-corrected chi connectivity index (χ1v) is 8.50. The van der Waals surface area contributed by atoms with Crippen LogP contribution >= 0.6 is 0 Å². The molecular weight excluding hydrogens is 268 g/mol. The van der Waals surface area contributed by atoms with Crippen molar-refractivity contribution in [1.29, 1.82) is 0 Å². The molecule has 1 aromatic rings. The molecule has 0 spiro atoms. The van der Waals surface area contributed by atoms with Gasteiger partial charge in [-0.2, -0.15) is 13.8 Å². The number of rotatable bonds is 7. The Morgan fingerprint density at radius 2 is 1.67 bits per heavy atom. The van der Waals surface area contributed by atoms with Crippen LogP contribution in [0.4, 0.5) is 8.78 Å². The Morgan fingerprint density at radius 3 is 2.29 bits per heavy atom. The lowest BCUT2D eigenvalue weighted by atomic mass is 9.78. The second kappa shape index (κ2) is 8.45. The van der Waals surface area contributed by atoms with Crippen molar-refractivity contribution in [2.24, 2.45) is 11.8 Å². The fourth-order valence-corrected chi connectivity index (χ4v) is 3.48. The molecule has 21 heavy (non-hydrogen) atoms. The Bertz CT molecular complexity index is 425. The molecule has 0 amide bonds. The second-order valence-corrected chi connectivity index (χ2v) is 6.51. The van der Waals surface area contributed by atoms with E-state index < -0.39 is 11.9 Å². The molecular formula is C18H27F2N. The third kappa shape index (κ3) is 5.37. The standard InChI is InChI=1S/C18H27F2N/c1-2-3-4-5-14-6-8-15(9-7-14)10-11-16-12-13-17(19)21-18(16)20/h12-15H,2-11H2,1H3/t14-,15-. The lowest BCUT2D eigenvalue weighted by molar-refractivity contribution is 0.248. The van der Waals surface area contributed by atoms with E-state index in [1.54, 1.807) is 0 Å². The maximum Gasteiger partial charge on any atom is 0.218 e. The summed E-state index contributed by atoms with van der Waals surface area (Å²) in [6, 6.07) is 2.79. The minimum absolute atomic E-state index is 0.557. The van der Waals surface area contributed by atoms with Gasteiger partial charge in [-0.25, -0.2) is 0 Å². The lowest BCUT2D eigenvalue weighted by Gasteiger charge is -2.28. The predicted octanol–water partition coefficient (Wildman–Crippen LogP) is 5.68. The number of unbranched alkanes of at least 4 members (excludes halogenated alkanes) is 2. The fourth-order valence-electron chi connectivity index (χ4n) is 3.48. The van der Waals surface area contributed by atoms with Crippen LogP contribution in [0.5, 0.6) is 0 Å². The molecule has 118 valence electrons. The molecule has 3 heteroatoms. The van der Waals surface area contributed by atoms with Crippen LogP contribution < -0.4 is 0 Å². The van der Waals surface area contributed by atoms with Gasteiger partial charge in [-0.3, -0.25) is 0 Å². The van der Waals surface area contributed by atoms with Crippen molar-refractivity contribution in [3.8, 4) is 0 Å². The van der Waals surface area contributed by atoms with Crippen LogP contribution in [-0.4, -0.2) is 4.98 Å². The van der Waals surface area contributed by atoms with Gasteiger partial charge in [0.1, 0.15) is 0 Å². The van der Waals surface area contributed by atoms with Gasteiger partial charge in [-0.1, -0.05) is 58.3 Å². The fraction of sp³-hybridized carbons (Fsp3) is 0.722. The van der Waals surface area contributed by atoms with Gasteiger partial charge in [0.05, 0.1) is 0 Å². The molecule has 1 saturated carbocycles. The summed E-state index contributed by atoms with van der Waals surface area (Å²) in [5, 5.41) is 0. The molecule has 0 atom stereocenters. The number of aromatic nitrogens is 1. The van der Waals surface area contributed by atoms with Gasteiger partial charge >= 0.3 is 0 Å². The van der Waals surface area contributed by atoms with Crippen molar-refractivity contribution < 1.29 is 8.78 Å². The van der Waals surface area contributed by atoms with E-state index in [0.717, 1.165) is 12.3 Å². The van der Waals surface area contributed by atoms with Gasteiger partial charge in [0.2, 0.25) is 11.9 Å². The number of aryl methyl sites for hydroxylation is 1. The van der Waals surface area contributed by atoms with Crippen molar-refractivity contribution in [2.75, 3.05) is 0 Å². The van der Waals surface area contributed by atoms with Crippen molar-refractivity contribution in [3.05, 3.63) is 29.6 Å². The minimum atomic E-state index is -0.733. The summed E-state index contributed by atoms with van der Waals surface area (Å²) >= 11 is 0. The molecule has 1 fully saturated rings. The molecule has 1 heterocycles. The molecule has 0 aromatic carbocycles. The normalized spacial score (nSPS) is 22.4. The third-order valence-corrected chi connectivity index (χ3v) is 4.90. The molecule has 2 rings (SSSR count). The summed E-state index contributed by atoms with van der Waals surface area (Å²) in [4.78, 5) is 3.26. The van der Waals surface area contributed by atoms with Gasteiger partial charge in [-0.15, -0.1) is 0 Å². The van der Waals surface area contributed by atoms with Crippen LogP contribution in [0.1, 0.15) is 70.3 Å². The highest BCUT2D eigenvalue weighted by Gasteiger charge is 2.21. The molecule has 0 radical (unpaired) electrons. The molecule has 0 unspecified atom stereocenters. The van der Waals surface area contributed by atoms with Crippen molar-refractivity contribution >= 4 is 0 Å². The first-order valence-electron chi connectivity index (χ1n) is 8.50. The van der Waals surface area contributed by atoms with Gasteiger partial charge < -0.3 is 0 Å². The number of pyridine rings is 1. The average molecular weight is 295 g/mol. The highest BCUT2D eigenvalue weighted by Crippen LogP contribution is 2.34. The monoisotopic (exact) mass is 295 g/mol. The second-order valence-electron chi connectivity index (χ2n) is 6.51. The van der Waals surface area contributed by atoms with Crippen LogP contribution in [0.25, 0.3) is 0 Å². The molecule has 0 bridgehead atoms. The van der Waals surface area contributed by atoms with Gasteiger partial charge in [0.25, 0.3) is 0 Å². The van der Waals surface area contributed by atoms with E-state index in [1.807, 2.05) is 0 Å². The van der Waals surface area contributed by atoms with Gasteiger partial charge in [0, 0.05) is 5.56 Å². The molecule has 1 aromatic heterocycles. The maximum absolute atomic E-state index is 13.5. The number of hydrogen-bond donors (Lipinski definition) is 0. The summed E-state index contributed by atoms with van der Waals surface area (Å²) in [6.07, 6.45) is 12.3. The van der Waals surface area contributed by atoms with E-state index in [1.165, 1.54) is 63.5 Å². The van der Waals surface area contributed by atoms with Crippen molar-refractivity contribution in [3.63, 3.8) is 0 Å². The van der Waals surface area contributed by atoms with Crippen LogP contribution in [0.2, 0.25) is 0 Å². The first kappa shape index (κ1) is 16.4. The van der Waals surface area contributed by atoms with Crippen LogP contribution in [0, 0.1) is 23.7 Å². The number of hydrogen-bond acceptors (Lipinski definition) is 1. The Labute approximate surface area is 127 Å². The van der Waals surface area contributed by atoms with E-state index >= 15 is 0 Å².